The number of nitrogens with zero attached hydrogens (tertiary/aromatic N) is 3. The predicted molar refractivity (Wildman–Crippen MR) is 108 cm³/mol. The van der Waals surface area contributed by atoms with Gasteiger partial charge in [-0.2, -0.15) is 4.31 Å². The molecule has 0 N–H and O–H groups in total. The number of benzene rings is 1. The van der Waals surface area contributed by atoms with Crippen LogP contribution in [0.1, 0.15) is 26.7 Å². The molecular formula is C20H29N3O5S. The number of carbonyl (C=O) groups excluding carboxylic acids is 2. The van der Waals surface area contributed by atoms with E-state index in [0.717, 1.165) is 6.42 Å². The van der Waals surface area contributed by atoms with Crippen LogP contribution in [0, 0.1) is 5.92 Å². The number of piperazine rings is 1. The van der Waals surface area contributed by atoms with Gasteiger partial charge in [0.05, 0.1) is 24.5 Å². The average molecular weight is 424 g/mol. The molecule has 2 aliphatic heterocycles. The largest absolute Gasteiger partial charge is 0.497 e. The highest BCUT2D eigenvalue weighted by Gasteiger charge is 2.43. The van der Waals surface area contributed by atoms with Gasteiger partial charge in [0, 0.05) is 32.7 Å². The summed E-state index contributed by atoms with van der Waals surface area (Å²) in [6, 6.07) is 5.84. The zero-order valence-electron chi connectivity index (χ0n) is 17.2. The Labute approximate surface area is 172 Å². The summed E-state index contributed by atoms with van der Waals surface area (Å²) in [5.41, 5.74) is 0. The molecule has 3 rings (SSSR count). The van der Waals surface area contributed by atoms with Gasteiger partial charge in [0.2, 0.25) is 21.8 Å². The van der Waals surface area contributed by atoms with Crippen LogP contribution in [-0.2, 0) is 19.6 Å². The van der Waals surface area contributed by atoms with E-state index < -0.39 is 16.1 Å². The van der Waals surface area contributed by atoms with Gasteiger partial charge in [-0.25, -0.2) is 8.42 Å². The van der Waals surface area contributed by atoms with Gasteiger partial charge < -0.3 is 4.74 Å². The number of sulfonamides is 1. The number of likely N-dealkylation sites (tertiary alicyclic amines) is 1. The maximum Gasteiger partial charge on any atom is 0.247 e. The van der Waals surface area contributed by atoms with E-state index in [-0.39, 0.29) is 23.1 Å². The molecule has 29 heavy (non-hydrogen) atoms. The fourth-order valence-corrected chi connectivity index (χ4v) is 5.15. The number of rotatable bonds is 7. The lowest BCUT2D eigenvalue weighted by Gasteiger charge is -2.36. The van der Waals surface area contributed by atoms with Crippen molar-refractivity contribution in [3.05, 3.63) is 24.3 Å². The molecule has 8 nitrogen and oxygen atoms in total. The third-order valence-corrected chi connectivity index (χ3v) is 7.47. The second-order valence-corrected chi connectivity index (χ2v) is 9.84. The number of imide groups is 1. The van der Waals surface area contributed by atoms with E-state index in [1.54, 1.807) is 12.1 Å². The topological polar surface area (TPSA) is 87.2 Å². The van der Waals surface area contributed by atoms with Crippen LogP contribution in [0.4, 0.5) is 0 Å². The van der Waals surface area contributed by atoms with Crippen molar-refractivity contribution in [2.45, 2.75) is 37.6 Å². The fourth-order valence-electron chi connectivity index (χ4n) is 3.73. The Kier molecular flexibility index (Phi) is 6.60. The number of amides is 2. The molecule has 2 fully saturated rings. The van der Waals surface area contributed by atoms with Crippen molar-refractivity contribution in [3.63, 3.8) is 0 Å². The molecule has 1 aromatic carbocycles. The predicted octanol–water partition coefficient (Wildman–Crippen LogP) is 1.18. The van der Waals surface area contributed by atoms with Crippen molar-refractivity contribution in [1.82, 2.24) is 14.1 Å². The number of methoxy groups -OCH3 is 1. The second kappa shape index (κ2) is 8.81. The first-order chi connectivity index (χ1) is 13.7. The Morgan fingerprint density at radius 3 is 2.24 bits per heavy atom. The SMILES string of the molecule is COc1ccc(S(=O)(=O)N2CCN([C@@H]3CC(=O)N(CCC(C)C)C3=O)CC2)cc1. The van der Waals surface area contributed by atoms with Gasteiger partial charge in [-0.15, -0.1) is 0 Å². The van der Waals surface area contributed by atoms with E-state index in [2.05, 4.69) is 13.8 Å². The Hall–Kier alpha value is -1.97. The minimum Gasteiger partial charge on any atom is -0.497 e. The summed E-state index contributed by atoms with van der Waals surface area (Å²) in [6.07, 6.45) is 0.972. The van der Waals surface area contributed by atoms with Gasteiger partial charge in [0.1, 0.15) is 5.75 Å². The van der Waals surface area contributed by atoms with E-state index in [1.807, 2.05) is 4.90 Å². The van der Waals surface area contributed by atoms with Gasteiger partial charge >= 0.3 is 0 Å². The molecule has 2 aliphatic rings. The van der Waals surface area contributed by atoms with E-state index >= 15 is 0 Å². The van der Waals surface area contributed by atoms with Gasteiger partial charge in [-0.05, 0) is 36.6 Å². The van der Waals surface area contributed by atoms with E-state index in [4.69, 9.17) is 4.74 Å². The standard InChI is InChI=1S/C20H29N3O5S/c1-15(2)8-9-23-19(24)14-18(20(23)25)21-10-12-22(13-11-21)29(26,27)17-6-4-16(28-3)5-7-17/h4-7,15,18H,8-14H2,1-3H3/t18-/m1/s1. The van der Waals surface area contributed by atoms with Crippen LogP contribution in [-0.4, -0.2) is 80.2 Å². The molecule has 160 valence electrons. The zero-order valence-corrected chi connectivity index (χ0v) is 18.0. The van der Waals surface area contributed by atoms with Crippen LogP contribution in [0.2, 0.25) is 0 Å². The molecule has 0 unspecified atom stereocenters. The minimum absolute atomic E-state index is 0.131. The maximum absolute atomic E-state index is 12.9. The summed E-state index contributed by atoms with van der Waals surface area (Å²) in [5, 5.41) is 0. The second-order valence-electron chi connectivity index (χ2n) is 7.90. The molecule has 1 atom stereocenters. The first kappa shape index (κ1) is 21.7. The molecule has 0 bridgehead atoms. The highest BCUT2D eigenvalue weighted by atomic mass is 32.2. The molecule has 0 saturated carbocycles. The minimum atomic E-state index is -3.60. The fraction of sp³-hybridized carbons (Fsp3) is 0.600. The van der Waals surface area contributed by atoms with E-state index in [0.29, 0.717) is 44.4 Å². The number of hydrogen-bond donors (Lipinski definition) is 0. The number of ether oxygens (including phenoxy) is 1. The highest BCUT2D eigenvalue weighted by Crippen LogP contribution is 2.24. The van der Waals surface area contributed by atoms with Crippen molar-refractivity contribution in [1.29, 1.82) is 0 Å². The zero-order chi connectivity index (χ0) is 21.2. The molecule has 0 aromatic heterocycles. The Bertz CT molecular complexity index is 845. The van der Waals surface area contributed by atoms with E-state index in [1.165, 1.54) is 28.4 Å². The van der Waals surface area contributed by atoms with Crippen molar-refractivity contribution in [2.75, 3.05) is 39.8 Å². The van der Waals surface area contributed by atoms with Crippen molar-refractivity contribution in [3.8, 4) is 5.75 Å². The lowest BCUT2D eigenvalue weighted by atomic mass is 10.1. The number of hydrogen-bond acceptors (Lipinski definition) is 6. The molecular weight excluding hydrogens is 394 g/mol. The third kappa shape index (κ3) is 4.62. The molecule has 9 heteroatoms. The number of carbonyl (C=O) groups is 2. The first-order valence-corrected chi connectivity index (χ1v) is 11.4. The monoisotopic (exact) mass is 423 g/mol. The van der Waals surface area contributed by atoms with Crippen molar-refractivity contribution >= 4 is 21.8 Å². The Balaban J connectivity index is 1.61. The third-order valence-electron chi connectivity index (χ3n) is 5.56. The molecule has 2 saturated heterocycles. The lowest BCUT2D eigenvalue weighted by molar-refractivity contribution is -0.140. The van der Waals surface area contributed by atoms with Crippen molar-refractivity contribution < 1.29 is 22.7 Å². The van der Waals surface area contributed by atoms with Gasteiger partial charge in [-0.1, -0.05) is 13.8 Å². The summed E-state index contributed by atoms with van der Waals surface area (Å²) in [4.78, 5) is 28.5. The highest BCUT2D eigenvalue weighted by molar-refractivity contribution is 7.89. The lowest BCUT2D eigenvalue weighted by Crippen LogP contribution is -2.53. The molecule has 0 spiro atoms. The molecule has 1 aromatic rings. The van der Waals surface area contributed by atoms with E-state index in [9.17, 15) is 18.0 Å². The van der Waals surface area contributed by atoms with Gasteiger partial charge in [0.25, 0.3) is 0 Å². The van der Waals surface area contributed by atoms with Crippen LogP contribution >= 0.6 is 0 Å². The van der Waals surface area contributed by atoms with Crippen molar-refractivity contribution in [2.24, 2.45) is 5.92 Å². The quantitative estimate of drug-likeness (QED) is 0.612. The van der Waals surface area contributed by atoms with Gasteiger partial charge in [0.15, 0.2) is 0 Å². The summed E-state index contributed by atoms with van der Waals surface area (Å²) in [5.74, 6) is 0.734. The molecule has 2 heterocycles. The normalized spacial score (nSPS) is 21.9. The van der Waals surface area contributed by atoms with Crippen LogP contribution in [0.5, 0.6) is 5.75 Å². The summed E-state index contributed by atoms with van der Waals surface area (Å²) in [7, 11) is -2.07. The van der Waals surface area contributed by atoms with Crippen LogP contribution in [0.15, 0.2) is 29.2 Å². The Morgan fingerprint density at radius 1 is 1.07 bits per heavy atom. The molecule has 0 radical (unpaired) electrons. The molecule has 0 aliphatic carbocycles. The van der Waals surface area contributed by atoms with Crippen LogP contribution in [0.25, 0.3) is 0 Å². The Morgan fingerprint density at radius 2 is 1.69 bits per heavy atom. The summed E-state index contributed by atoms with van der Waals surface area (Å²) < 4.78 is 32.3. The maximum atomic E-state index is 12.9. The summed E-state index contributed by atoms with van der Waals surface area (Å²) >= 11 is 0. The smallest absolute Gasteiger partial charge is 0.247 e. The average Bonchev–Trinajstić information content (AvgIpc) is 3.00. The van der Waals surface area contributed by atoms with Crippen LogP contribution < -0.4 is 4.74 Å². The van der Waals surface area contributed by atoms with Gasteiger partial charge in [-0.3, -0.25) is 19.4 Å². The first-order valence-electron chi connectivity index (χ1n) is 9.96. The molecule has 2 amide bonds. The van der Waals surface area contributed by atoms with Crippen LogP contribution in [0.3, 0.4) is 0 Å². The summed E-state index contributed by atoms with van der Waals surface area (Å²) in [6.45, 7) is 6.01.